The summed E-state index contributed by atoms with van der Waals surface area (Å²) in [6, 6.07) is 7.57. The Morgan fingerprint density at radius 2 is 1.95 bits per heavy atom. The average molecular weight is 294 g/mol. The van der Waals surface area contributed by atoms with Crippen molar-refractivity contribution in [1.29, 1.82) is 0 Å². The molecule has 1 aromatic rings. The number of thiol groups is 1. The second-order valence-corrected chi connectivity index (χ2v) is 5.54. The second-order valence-electron chi connectivity index (χ2n) is 5.06. The van der Waals surface area contributed by atoms with Crippen molar-refractivity contribution >= 4 is 18.5 Å². The van der Waals surface area contributed by atoms with E-state index in [9.17, 15) is 4.79 Å². The fourth-order valence-corrected chi connectivity index (χ4v) is 2.46. The SMILES string of the molecule is CCN(CC)CCCC(C)NC(=O)c1ccccc1S. The molecular weight excluding hydrogens is 268 g/mol. The molecule has 1 N–H and O–H groups in total. The van der Waals surface area contributed by atoms with Gasteiger partial charge in [0.1, 0.15) is 0 Å². The predicted octanol–water partition coefficient (Wildman–Crippen LogP) is 3.22. The number of amides is 1. The summed E-state index contributed by atoms with van der Waals surface area (Å²) >= 11 is 4.31. The van der Waals surface area contributed by atoms with E-state index in [0.717, 1.165) is 37.4 Å². The quantitative estimate of drug-likeness (QED) is 0.722. The van der Waals surface area contributed by atoms with Crippen molar-refractivity contribution in [3.63, 3.8) is 0 Å². The molecule has 1 atom stereocenters. The Labute approximate surface area is 128 Å². The van der Waals surface area contributed by atoms with E-state index in [4.69, 9.17) is 0 Å². The van der Waals surface area contributed by atoms with E-state index in [1.807, 2.05) is 18.2 Å². The molecule has 1 aromatic carbocycles. The highest BCUT2D eigenvalue weighted by Crippen LogP contribution is 2.13. The first-order chi connectivity index (χ1) is 9.58. The molecule has 0 fully saturated rings. The molecule has 0 spiro atoms. The molecule has 1 amide bonds. The number of nitrogens with zero attached hydrogens (tertiary/aromatic N) is 1. The monoisotopic (exact) mass is 294 g/mol. The van der Waals surface area contributed by atoms with Gasteiger partial charge in [0, 0.05) is 10.9 Å². The van der Waals surface area contributed by atoms with Crippen LogP contribution in [0.25, 0.3) is 0 Å². The maximum atomic E-state index is 12.1. The molecule has 3 nitrogen and oxygen atoms in total. The van der Waals surface area contributed by atoms with Gasteiger partial charge in [-0.25, -0.2) is 0 Å². The lowest BCUT2D eigenvalue weighted by Gasteiger charge is -2.20. The van der Waals surface area contributed by atoms with Crippen LogP contribution in [0.3, 0.4) is 0 Å². The molecular formula is C16H26N2OS. The van der Waals surface area contributed by atoms with E-state index in [2.05, 4.69) is 43.6 Å². The summed E-state index contributed by atoms with van der Waals surface area (Å²) < 4.78 is 0. The van der Waals surface area contributed by atoms with Crippen LogP contribution in [-0.2, 0) is 0 Å². The number of nitrogens with one attached hydrogen (secondary N) is 1. The highest BCUT2D eigenvalue weighted by molar-refractivity contribution is 7.80. The molecule has 1 unspecified atom stereocenters. The molecule has 4 heteroatoms. The van der Waals surface area contributed by atoms with Crippen molar-refractivity contribution in [1.82, 2.24) is 10.2 Å². The van der Waals surface area contributed by atoms with Crippen molar-refractivity contribution in [2.45, 2.75) is 44.6 Å². The van der Waals surface area contributed by atoms with Crippen LogP contribution in [0.1, 0.15) is 44.0 Å². The van der Waals surface area contributed by atoms with Crippen LogP contribution in [0.15, 0.2) is 29.2 Å². The third kappa shape index (κ3) is 5.55. The number of hydrogen-bond acceptors (Lipinski definition) is 3. The predicted molar refractivity (Wildman–Crippen MR) is 87.6 cm³/mol. The molecule has 0 saturated heterocycles. The summed E-state index contributed by atoms with van der Waals surface area (Å²) in [6.45, 7) is 9.68. The number of hydrogen-bond donors (Lipinski definition) is 2. The van der Waals surface area contributed by atoms with Crippen molar-refractivity contribution in [2.75, 3.05) is 19.6 Å². The molecule has 20 heavy (non-hydrogen) atoms. The maximum absolute atomic E-state index is 12.1. The summed E-state index contributed by atoms with van der Waals surface area (Å²) in [5.41, 5.74) is 0.645. The third-order valence-corrected chi connectivity index (χ3v) is 3.92. The first-order valence-corrected chi connectivity index (χ1v) is 7.84. The molecule has 0 aliphatic carbocycles. The van der Waals surface area contributed by atoms with Crippen molar-refractivity contribution in [3.8, 4) is 0 Å². The van der Waals surface area contributed by atoms with Crippen LogP contribution in [0.2, 0.25) is 0 Å². The summed E-state index contributed by atoms with van der Waals surface area (Å²) in [5, 5.41) is 3.04. The van der Waals surface area contributed by atoms with Gasteiger partial charge in [0.25, 0.3) is 5.91 Å². The number of carbonyl (C=O) groups excluding carboxylic acids is 1. The highest BCUT2D eigenvalue weighted by atomic mass is 32.1. The van der Waals surface area contributed by atoms with Crippen molar-refractivity contribution in [3.05, 3.63) is 29.8 Å². The van der Waals surface area contributed by atoms with Gasteiger partial charge in [-0.05, 0) is 51.5 Å². The molecule has 112 valence electrons. The third-order valence-electron chi connectivity index (χ3n) is 3.53. The lowest BCUT2D eigenvalue weighted by Crippen LogP contribution is -2.33. The Kier molecular flexibility index (Phi) is 7.70. The minimum atomic E-state index is -0.0362. The minimum Gasteiger partial charge on any atom is -0.350 e. The lowest BCUT2D eigenvalue weighted by molar-refractivity contribution is 0.0934. The van der Waals surface area contributed by atoms with Crippen molar-refractivity contribution < 1.29 is 4.79 Å². The van der Waals surface area contributed by atoms with Crippen LogP contribution < -0.4 is 5.32 Å². The van der Waals surface area contributed by atoms with Crippen LogP contribution in [0, 0.1) is 0 Å². The van der Waals surface area contributed by atoms with Gasteiger partial charge in [0.2, 0.25) is 0 Å². The number of carbonyl (C=O) groups is 1. The zero-order valence-corrected chi connectivity index (χ0v) is 13.6. The van der Waals surface area contributed by atoms with E-state index < -0.39 is 0 Å². The van der Waals surface area contributed by atoms with Gasteiger partial charge in [-0.2, -0.15) is 0 Å². The van der Waals surface area contributed by atoms with E-state index in [1.54, 1.807) is 6.07 Å². The van der Waals surface area contributed by atoms with E-state index in [0.29, 0.717) is 5.56 Å². The molecule has 0 saturated carbocycles. The standard InChI is InChI=1S/C16H26N2OS/c1-4-18(5-2)12-8-9-13(3)17-16(19)14-10-6-7-11-15(14)20/h6-7,10-11,13,20H,4-5,8-9,12H2,1-3H3,(H,17,19). The fourth-order valence-electron chi connectivity index (χ4n) is 2.20. The smallest absolute Gasteiger partial charge is 0.252 e. The average Bonchev–Trinajstić information content (AvgIpc) is 2.44. The minimum absolute atomic E-state index is 0.0362. The molecule has 0 aliphatic rings. The van der Waals surface area contributed by atoms with E-state index >= 15 is 0 Å². The Morgan fingerprint density at radius 3 is 2.55 bits per heavy atom. The van der Waals surface area contributed by atoms with Gasteiger partial charge >= 0.3 is 0 Å². The molecule has 0 aliphatic heterocycles. The first-order valence-electron chi connectivity index (χ1n) is 7.39. The van der Waals surface area contributed by atoms with Crippen LogP contribution >= 0.6 is 12.6 Å². The fraction of sp³-hybridized carbons (Fsp3) is 0.562. The number of benzene rings is 1. The molecule has 0 heterocycles. The van der Waals surface area contributed by atoms with Gasteiger partial charge in [-0.15, -0.1) is 12.6 Å². The maximum Gasteiger partial charge on any atom is 0.252 e. The topological polar surface area (TPSA) is 32.3 Å². The largest absolute Gasteiger partial charge is 0.350 e. The normalized spacial score (nSPS) is 12.4. The van der Waals surface area contributed by atoms with Gasteiger partial charge in [0.15, 0.2) is 0 Å². The van der Waals surface area contributed by atoms with Crippen molar-refractivity contribution in [2.24, 2.45) is 0 Å². The van der Waals surface area contributed by atoms with E-state index in [1.165, 1.54) is 0 Å². The molecule has 0 aromatic heterocycles. The summed E-state index contributed by atoms with van der Waals surface area (Å²) in [5.74, 6) is -0.0362. The Hall–Kier alpha value is -1.00. The van der Waals surface area contributed by atoms with E-state index in [-0.39, 0.29) is 11.9 Å². The summed E-state index contributed by atoms with van der Waals surface area (Å²) in [4.78, 5) is 15.2. The zero-order chi connectivity index (χ0) is 15.0. The zero-order valence-electron chi connectivity index (χ0n) is 12.7. The summed E-state index contributed by atoms with van der Waals surface area (Å²) in [6.07, 6.45) is 2.10. The van der Waals surface area contributed by atoms with Crippen LogP contribution in [0.5, 0.6) is 0 Å². The molecule has 0 bridgehead atoms. The Bertz CT molecular complexity index is 419. The Balaban J connectivity index is 2.37. The number of rotatable bonds is 8. The van der Waals surface area contributed by atoms with Gasteiger partial charge in [-0.1, -0.05) is 26.0 Å². The second kappa shape index (κ2) is 9.03. The molecule has 1 rings (SSSR count). The van der Waals surface area contributed by atoms with Gasteiger partial charge in [0.05, 0.1) is 5.56 Å². The first kappa shape index (κ1) is 17.1. The summed E-state index contributed by atoms with van der Waals surface area (Å²) in [7, 11) is 0. The van der Waals surface area contributed by atoms with Gasteiger partial charge < -0.3 is 10.2 Å². The highest BCUT2D eigenvalue weighted by Gasteiger charge is 2.12. The van der Waals surface area contributed by atoms with Gasteiger partial charge in [-0.3, -0.25) is 4.79 Å². The van der Waals surface area contributed by atoms with Crippen LogP contribution in [-0.4, -0.2) is 36.5 Å². The molecule has 0 radical (unpaired) electrons. The Morgan fingerprint density at radius 1 is 1.30 bits per heavy atom. The van der Waals surface area contributed by atoms with Crippen LogP contribution in [0.4, 0.5) is 0 Å². The lowest BCUT2D eigenvalue weighted by atomic mass is 10.1.